The van der Waals surface area contributed by atoms with Crippen molar-refractivity contribution in [1.82, 2.24) is 14.8 Å². The number of sulfonamides is 1. The fourth-order valence-electron chi connectivity index (χ4n) is 2.01. The van der Waals surface area contributed by atoms with E-state index < -0.39 is 15.6 Å². The van der Waals surface area contributed by atoms with Crippen molar-refractivity contribution in [3.63, 3.8) is 0 Å². The lowest BCUT2D eigenvalue weighted by molar-refractivity contribution is 0.338. The molecule has 6 nitrogen and oxygen atoms in total. The molecule has 18 heavy (non-hydrogen) atoms. The molecular formula is C11H22N4O2S. The third kappa shape index (κ3) is 2.89. The summed E-state index contributed by atoms with van der Waals surface area (Å²) in [5.41, 5.74) is -0.427. The van der Waals surface area contributed by atoms with E-state index in [0.29, 0.717) is 5.82 Å². The summed E-state index contributed by atoms with van der Waals surface area (Å²) < 4.78 is 24.8. The minimum Gasteiger partial charge on any atom is -0.295 e. The molecule has 1 heterocycles. The molecule has 7 heteroatoms. The molecule has 0 radical (unpaired) electrons. The second-order valence-corrected chi connectivity index (χ2v) is 6.86. The number of rotatable bonds is 4. The van der Waals surface area contributed by atoms with Crippen LogP contribution < -0.4 is 5.14 Å². The molecule has 1 aromatic heterocycles. The SMILES string of the molecule is CCC(CC)c1nnc(S(N)(=O)=O)n1C(C)(C)C. The number of hydrogen-bond acceptors (Lipinski definition) is 4. The summed E-state index contributed by atoms with van der Waals surface area (Å²) in [5, 5.41) is 12.9. The average Bonchev–Trinajstić information content (AvgIpc) is 2.63. The number of nitrogens with zero attached hydrogens (tertiary/aromatic N) is 3. The maximum absolute atomic E-state index is 11.6. The fraction of sp³-hybridized carbons (Fsp3) is 0.818. The lowest BCUT2D eigenvalue weighted by atomic mass is 10.0. The van der Waals surface area contributed by atoms with Crippen molar-refractivity contribution in [2.45, 2.75) is 64.1 Å². The monoisotopic (exact) mass is 274 g/mol. The van der Waals surface area contributed by atoms with Gasteiger partial charge in [-0.3, -0.25) is 4.57 Å². The van der Waals surface area contributed by atoms with E-state index in [9.17, 15) is 8.42 Å². The third-order valence-electron chi connectivity index (χ3n) is 2.93. The molecule has 0 saturated heterocycles. The first-order chi connectivity index (χ1) is 8.12. The van der Waals surface area contributed by atoms with Crippen LogP contribution in [0.15, 0.2) is 5.16 Å². The predicted octanol–water partition coefficient (Wildman–Crippen LogP) is 1.58. The van der Waals surface area contributed by atoms with E-state index in [4.69, 9.17) is 5.14 Å². The third-order valence-corrected chi connectivity index (χ3v) is 3.71. The van der Waals surface area contributed by atoms with Gasteiger partial charge >= 0.3 is 0 Å². The van der Waals surface area contributed by atoms with Gasteiger partial charge in [0, 0.05) is 11.5 Å². The Morgan fingerprint density at radius 1 is 1.22 bits per heavy atom. The molecule has 0 aromatic carbocycles. The van der Waals surface area contributed by atoms with Crippen molar-refractivity contribution in [3.05, 3.63) is 5.82 Å². The zero-order valence-electron chi connectivity index (χ0n) is 11.6. The molecule has 0 spiro atoms. The lowest BCUT2D eigenvalue weighted by Crippen LogP contribution is -2.30. The highest BCUT2D eigenvalue weighted by atomic mass is 32.2. The molecule has 104 valence electrons. The number of primary sulfonamides is 1. The van der Waals surface area contributed by atoms with Gasteiger partial charge in [0.1, 0.15) is 5.82 Å². The van der Waals surface area contributed by atoms with Crippen LogP contribution in [0, 0.1) is 0 Å². The summed E-state index contributed by atoms with van der Waals surface area (Å²) in [6, 6.07) is 0. The van der Waals surface area contributed by atoms with Gasteiger partial charge in [-0.1, -0.05) is 13.8 Å². The van der Waals surface area contributed by atoms with Crippen LogP contribution in [0.3, 0.4) is 0 Å². The Morgan fingerprint density at radius 2 is 1.72 bits per heavy atom. The smallest absolute Gasteiger partial charge is 0.273 e. The van der Waals surface area contributed by atoms with Crippen molar-refractivity contribution in [2.24, 2.45) is 5.14 Å². The zero-order valence-corrected chi connectivity index (χ0v) is 12.5. The molecule has 1 rings (SSSR count). The molecule has 0 amide bonds. The highest BCUT2D eigenvalue weighted by Gasteiger charge is 2.30. The van der Waals surface area contributed by atoms with E-state index in [1.54, 1.807) is 4.57 Å². The first-order valence-corrected chi connectivity index (χ1v) is 7.66. The number of nitrogens with two attached hydrogens (primary N) is 1. The van der Waals surface area contributed by atoms with Crippen molar-refractivity contribution < 1.29 is 8.42 Å². The largest absolute Gasteiger partial charge is 0.295 e. The van der Waals surface area contributed by atoms with Crippen LogP contribution in [0.2, 0.25) is 0 Å². The van der Waals surface area contributed by atoms with E-state index in [0.717, 1.165) is 12.8 Å². The second-order valence-electron chi connectivity index (χ2n) is 5.41. The molecular weight excluding hydrogens is 252 g/mol. The van der Waals surface area contributed by atoms with Crippen LogP contribution >= 0.6 is 0 Å². The number of aromatic nitrogens is 3. The average molecular weight is 274 g/mol. The van der Waals surface area contributed by atoms with Gasteiger partial charge in [0.15, 0.2) is 0 Å². The minimum absolute atomic E-state index is 0.156. The molecule has 0 bridgehead atoms. The Balaban J connectivity index is 3.52. The van der Waals surface area contributed by atoms with Crippen LogP contribution in [-0.4, -0.2) is 23.2 Å². The van der Waals surface area contributed by atoms with Crippen molar-refractivity contribution in [1.29, 1.82) is 0 Å². The Bertz CT molecular complexity index is 510. The van der Waals surface area contributed by atoms with E-state index in [2.05, 4.69) is 10.2 Å². The molecule has 0 atom stereocenters. The van der Waals surface area contributed by atoms with Gasteiger partial charge in [-0.25, -0.2) is 13.6 Å². The summed E-state index contributed by atoms with van der Waals surface area (Å²) in [7, 11) is -3.86. The van der Waals surface area contributed by atoms with Crippen LogP contribution in [0.5, 0.6) is 0 Å². The van der Waals surface area contributed by atoms with Gasteiger partial charge in [-0.2, -0.15) is 0 Å². The van der Waals surface area contributed by atoms with Gasteiger partial charge < -0.3 is 0 Å². The molecule has 0 aliphatic carbocycles. The van der Waals surface area contributed by atoms with E-state index in [1.807, 2.05) is 34.6 Å². The summed E-state index contributed by atoms with van der Waals surface area (Å²) in [4.78, 5) is 0. The Kier molecular flexibility index (Phi) is 4.17. The van der Waals surface area contributed by atoms with E-state index in [-0.39, 0.29) is 11.1 Å². The summed E-state index contributed by atoms with van der Waals surface area (Å²) >= 11 is 0. The first kappa shape index (κ1) is 15.1. The summed E-state index contributed by atoms with van der Waals surface area (Å²) in [6.07, 6.45) is 1.77. The van der Waals surface area contributed by atoms with E-state index in [1.165, 1.54) is 0 Å². The van der Waals surface area contributed by atoms with Gasteiger partial charge in [-0.15, -0.1) is 10.2 Å². The molecule has 0 unspecified atom stereocenters. The normalized spacial score (nSPS) is 13.3. The predicted molar refractivity (Wildman–Crippen MR) is 69.7 cm³/mol. The molecule has 0 aliphatic rings. The van der Waals surface area contributed by atoms with E-state index >= 15 is 0 Å². The second kappa shape index (κ2) is 4.97. The maximum atomic E-state index is 11.6. The molecule has 0 fully saturated rings. The van der Waals surface area contributed by atoms with Crippen molar-refractivity contribution in [2.75, 3.05) is 0 Å². The quantitative estimate of drug-likeness (QED) is 0.902. The standard InChI is InChI=1S/C11H22N4O2S/c1-6-8(7-2)9-13-14-10(18(12,16)17)15(9)11(3,4)5/h8H,6-7H2,1-5H3,(H2,12,16,17). The Hall–Kier alpha value is -0.950. The zero-order chi connectivity index (χ0) is 14.1. The maximum Gasteiger partial charge on any atom is 0.273 e. The van der Waals surface area contributed by atoms with Crippen molar-refractivity contribution >= 4 is 10.0 Å². The van der Waals surface area contributed by atoms with Crippen LogP contribution in [0.4, 0.5) is 0 Å². The van der Waals surface area contributed by atoms with Crippen LogP contribution in [-0.2, 0) is 15.6 Å². The first-order valence-electron chi connectivity index (χ1n) is 6.11. The van der Waals surface area contributed by atoms with Gasteiger partial charge in [0.2, 0.25) is 0 Å². The Labute approximate surface area is 109 Å². The molecule has 2 N–H and O–H groups in total. The summed E-state index contributed by atoms with van der Waals surface area (Å²) in [5.74, 6) is 0.878. The van der Waals surface area contributed by atoms with Gasteiger partial charge in [-0.05, 0) is 33.6 Å². The fourth-order valence-corrected chi connectivity index (χ4v) is 2.79. The topological polar surface area (TPSA) is 90.9 Å². The van der Waals surface area contributed by atoms with Crippen LogP contribution in [0.25, 0.3) is 0 Å². The minimum atomic E-state index is -3.86. The highest BCUT2D eigenvalue weighted by molar-refractivity contribution is 7.89. The van der Waals surface area contributed by atoms with Gasteiger partial charge in [0.25, 0.3) is 15.2 Å². The van der Waals surface area contributed by atoms with Crippen molar-refractivity contribution in [3.8, 4) is 0 Å². The summed E-state index contributed by atoms with van der Waals surface area (Å²) in [6.45, 7) is 9.84. The Morgan fingerprint density at radius 3 is 2.06 bits per heavy atom. The molecule has 1 aromatic rings. The molecule has 0 aliphatic heterocycles. The highest BCUT2D eigenvalue weighted by Crippen LogP contribution is 2.28. The number of hydrogen-bond donors (Lipinski definition) is 1. The lowest BCUT2D eigenvalue weighted by Gasteiger charge is -2.26. The van der Waals surface area contributed by atoms with Gasteiger partial charge in [0.05, 0.1) is 0 Å². The van der Waals surface area contributed by atoms with Crippen LogP contribution in [0.1, 0.15) is 59.2 Å². The molecule has 0 saturated carbocycles.